The van der Waals surface area contributed by atoms with Crippen molar-refractivity contribution in [3.05, 3.63) is 54.1 Å². The second kappa shape index (κ2) is 5.67. The van der Waals surface area contributed by atoms with Gasteiger partial charge in [0.25, 0.3) is 5.82 Å². The average Bonchev–Trinajstić information content (AvgIpc) is 2.72. The Balaban J connectivity index is 1.88. The van der Waals surface area contributed by atoms with E-state index in [1.807, 2.05) is 0 Å². The summed E-state index contributed by atoms with van der Waals surface area (Å²) in [4.78, 5) is 0. The zero-order valence-electron chi connectivity index (χ0n) is 10.8. The second-order valence-corrected chi connectivity index (χ2v) is 4.41. The van der Waals surface area contributed by atoms with Crippen molar-refractivity contribution in [2.24, 2.45) is 0 Å². The van der Waals surface area contributed by atoms with Crippen molar-refractivity contribution in [1.29, 1.82) is 0 Å². The molecule has 0 bridgehead atoms. The lowest BCUT2D eigenvalue weighted by atomic mass is 10.1. The summed E-state index contributed by atoms with van der Waals surface area (Å²) >= 11 is 0. The molecule has 2 rings (SSSR count). The fraction of sp³-hybridized carbons (Fsp3) is 0.400. The van der Waals surface area contributed by atoms with E-state index in [1.54, 1.807) is 0 Å². The van der Waals surface area contributed by atoms with Crippen LogP contribution in [-0.4, -0.2) is 4.57 Å². The van der Waals surface area contributed by atoms with Crippen molar-refractivity contribution in [3.63, 3.8) is 0 Å². The van der Waals surface area contributed by atoms with Crippen molar-refractivity contribution in [2.75, 3.05) is 0 Å². The van der Waals surface area contributed by atoms with Gasteiger partial charge >= 0.3 is 0 Å². The molecule has 0 aliphatic rings. The molecule has 0 aliphatic heterocycles. The van der Waals surface area contributed by atoms with Crippen LogP contribution in [0.2, 0.25) is 0 Å². The van der Waals surface area contributed by atoms with Gasteiger partial charge < -0.3 is 0 Å². The van der Waals surface area contributed by atoms with Gasteiger partial charge in [-0.05, 0) is 25.3 Å². The highest BCUT2D eigenvalue weighted by molar-refractivity contribution is 5.14. The zero-order valence-corrected chi connectivity index (χ0v) is 10.8. The summed E-state index contributed by atoms with van der Waals surface area (Å²) in [6, 6.07) is 10.7. The number of aryl methyl sites for hydroxylation is 3. The molecule has 0 amide bonds. The van der Waals surface area contributed by atoms with Gasteiger partial charge in [0.15, 0.2) is 0 Å². The largest absolute Gasteiger partial charge is 0.253 e. The maximum Gasteiger partial charge on any atom is 0.253 e. The molecule has 17 heavy (non-hydrogen) atoms. The highest BCUT2D eigenvalue weighted by Gasteiger charge is 2.09. The number of hydrogen-bond donors (Lipinski definition) is 0. The van der Waals surface area contributed by atoms with Crippen molar-refractivity contribution in [1.82, 2.24) is 4.57 Å². The molecule has 0 aliphatic carbocycles. The number of nitrogens with zero attached hydrogens (tertiary/aromatic N) is 2. The first kappa shape index (κ1) is 11.9. The first-order chi connectivity index (χ1) is 8.31. The molecule has 0 spiro atoms. The van der Waals surface area contributed by atoms with Crippen molar-refractivity contribution in [2.45, 2.75) is 39.8 Å². The molecule has 0 radical (unpaired) electrons. The summed E-state index contributed by atoms with van der Waals surface area (Å²) in [6.07, 6.45) is 6.70. The van der Waals surface area contributed by atoms with Crippen LogP contribution in [0.15, 0.2) is 42.7 Å². The minimum atomic E-state index is 1.05. The summed E-state index contributed by atoms with van der Waals surface area (Å²) < 4.78 is 4.62. The van der Waals surface area contributed by atoms with Crippen LogP contribution in [0, 0.1) is 6.92 Å². The smallest absolute Gasteiger partial charge is 0.235 e. The molecule has 2 heteroatoms. The molecule has 2 nitrogen and oxygen atoms in total. The second-order valence-electron chi connectivity index (χ2n) is 4.41. The van der Waals surface area contributed by atoms with Crippen LogP contribution in [0.3, 0.4) is 0 Å². The van der Waals surface area contributed by atoms with Crippen molar-refractivity contribution < 1.29 is 4.57 Å². The predicted octanol–water partition coefficient (Wildman–Crippen LogP) is 2.74. The van der Waals surface area contributed by atoms with Gasteiger partial charge in [-0.15, -0.1) is 0 Å². The van der Waals surface area contributed by atoms with Gasteiger partial charge in [-0.1, -0.05) is 30.3 Å². The van der Waals surface area contributed by atoms with Crippen LogP contribution < -0.4 is 4.57 Å². The Labute approximate surface area is 104 Å². The third-order valence-electron chi connectivity index (χ3n) is 3.31. The maximum absolute atomic E-state index is 2.34. The van der Waals surface area contributed by atoms with E-state index < -0.39 is 0 Å². The van der Waals surface area contributed by atoms with Crippen molar-refractivity contribution in [3.8, 4) is 0 Å². The van der Waals surface area contributed by atoms with E-state index >= 15 is 0 Å². The molecular formula is C15H21N2+. The minimum Gasteiger partial charge on any atom is -0.235 e. The molecule has 1 aromatic heterocycles. The Morgan fingerprint density at radius 1 is 1.18 bits per heavy atom. The molecular weight excluding hydrogens is 208 g/mol. The highest BCUT2D eigenvalue weighted by Crippen LogP contribution is 2.02. The first-order valence-corrected chi connectivity index (χ1v) is 6.40. The summed E-state index contributed by atoms with van der Waals surface area (Å²) in [7, 11) is 0. The first-order valence-electron chi connectivity index (χ1n) is 6.40. The van der Waals surface area contributed by atoms with E-state index in [1.165, 1.54) is 17.8 Å². The third-order valence-corrected chi connectivity index (χ3v) is 3.31. The lowest BCUT2D eigenvalue weighted by Crippen LogP contribution is -2.35. The van der Waals surface area contributed by atoms with Crippen LogP contribution in [-0.2, 0) is 19.5 Å². The van der Waals surface area contributed by atoms with Gasteiger partial charge in [0.1, 0.15) is 12.4 Å². The zero-order chi connectivity index (χ0) is 12.1. The molecule has 2 aromatic rings. The molecule has 0 unspecified atom stereocenters. The number of imidazole rings is 1. The SMILES string of the molecule is CCn1cc[n+](CCCc2ccccc2)c1C. The quantitative estimate of drug-likeness (QED) is 0.697. The molecule has 1 heterocycles. The topological polar surface area (TPSA) is 8.81 Å². The van der Waals surface area contributed by atoms with E-state index in [2.05, 4.69) is 65.7 Å². The van der Waals surface area contributed by atoms with Crippen LogP contribution in [0.5, 0.6) is 0 Å². The molecule has 90 valence electrons. The van der Waals surface area contributed by atoms with Gasteiger partial charge in [-0.25, -0.2) is 9.13 Å². The van der Waals surface area contributed by atoms with Gasteiger partial charge in [0.05, 0.1) is 13.1 Å². The predicted molar refractivity (Wildman–Crippen MR) is 69.8 cm³/mol. The fourth-order valence-electron chi connectivity index (χ4n) is 2.21. The van der Waals surface area contributed by atoms with Crippen molar-refractivity contribution >= 4 is 0 Å². The Bertz CT molecular complexity index is 457. The van der Waals surface area contributed by atoms with E-state index in [9.17, 15) is 0 Å². The van der Waals surface area contributed by atoms with E-state index in [0.717, 1.165) is 19.5 Å². The van der Waals surface area contributed by atoms with Gasteiger partial charge in [-0.2, -0.15) is 0 Å². The third kappa shape index (κ3) is 2.96. The van der Waals surface area contributed by atoms with Gasteiger partial charge in [0.2, 0.25) is 0 Å². The number of rotatable bonds is 5. The molecule has 0 N–H and O–H groups in total. The summed E-state index contributed by atoms with van der Waals surface area (Å²) in [5.41, 5.74) is 1.43. The van der Waals surface area contributed by atoms with E-state index in [0.29, 0.717) is 0 Å². The Hall–Kier alpha value is -1.57. The normalized spacial score (nSPS) is 10.7. The molecule has 0 saturated carbocycles. The summed E-state index contributed by atoms with van der Waals surface area (Å²) in [5, 5.41) is 0. The van der Waals surface area contributed by atoms with Crippen LogP contribution in [0.1, 0.15) is 24.7 Å². The van der Waals surface area contributed by atoms with E-state index in [4.69, 9.17) is 0 Å². The highest BCUT2D eigenvalue weighted by atomic mass is 15.1. The lowest BCUT2D eigenvalue weighted by molar-refractivity contribution is -0.702. The van der Waals surface area contributed by atoms with Gasteiger partial charge in [-0.3, -0.25) is 0 Å². The Morgan fingerprint density at radius 3 is 2.59 bits per heavy atom. The minimum absolute atomic E-state index is 1.05. The lowest BCUT2D eigenvalue weighted by Gasteiger charge is -2.01. The standard InChI is InChI=1S/C15H21N2/c1-3-16-12-13-17(14(16)2)11-7-10-15-8-5-4-6-9-15/h4-6,8-9,12-13H,3,7,10-11H2,1-2H3/q+1. The van der Waals surface area contributed by atoms with Crippen LogP contribution in [0.25, 0.3) is 0 Å². The molecule has 0 saturated heterocycles. The Morgan fingerprint density at radius 2 is 1.94 bits per heavy atom. The van der Waals surface area contributed by atoms with E-state index in [-0.39, 0.29) is 0 Å². The van der Waals surface area contributed by atoms with Crippen LogP contribution >= 0.6 is 0 Å². The molecule has 0 atom stereocenters. The Kier molecular flexibility index (Phi) is 3.97. The fourth-order valence-corrected chi connectivity index (χ4v) is 2.21. The van der Waals surface area contributed by atoms with Gasteiger partial charge in [0, 0.05) is 6.92 Å². The number of hydrogen-bond acceptors (Lipinski definition) is 0. The average molecular weight is 229 g/mol. The maximum atomic E-state index is 2.34. The number of aromatic nitrogens is 2. The molecule has 1 aromatic carbocycles. The summed E-state index contributed by atoms with van der Waals surface area (Å²) in [5.74, 6) is 1.35. The summed E-state index contributed by atoms with van der Waals surface area (Å²) in [6.45, 7) is 6.53. The molecule has 0 fully saturated rings. The number of benzene rings is 1. The van der Waals surface area contributed by atoms with Crippen LogP contribution in [0.4, 0.5) is 0 Å². The monoisotopic (exact) mass is 229 g/mol.